The van der Waals surface area contributed by atoms with Gasteiger partial charge in [-0.05, 0) is 93.9 Å². The maximum Gasteiger partial charge on any atom is 0.143 e. The van der Waals surface area contributed by atoms with E-state index in [-0.39, 0.29) is 0 Å². The number of nitrogens with zero attached hydrogens (tertiary/aromatic N) is 1. The number of benzene rings is 9. The second-order valence-electron chi connectivity index (χ2n) is 14.1. The molecule has 0 atom stereocenters. The summed E-state index contributed by atoms with van der Waals surface area (Å²) >= 11 is 0. The van der Waals surface area contributed by atoms with Crippen LogP contribution in [0.25, 0.3) is 88.0 Å². The Morgan fingerprint density at radius 2 is 0.964 bits per heavy atom. The molecule has 0 unspecified atom stereocenters. The SMILES string of the molecule is c1ccc(-c2ccc(N(c3ccc(-c4ccc5oc6ccccc6c5c4)cc3)c3cccc4oc5c6ccccc6ccc5c34)c(-c3ccccc3)c2)cc1. The van der Waals surface area contributed by atoms with Crippen molar-refractivity contribution in [3.05, 3.63) is 200 Å². The summed E-state index contributed by atoms with van der Waals surface area (Å²) in [5.41, 5.74) is 13.6. The van der Waals surface area contributed by atoms with Crippen LogP contribution in [0.2, 0.25) is 0 Å². The van der Waals surface area contributed by atoms with Crippen LogP contribution in [0.1, 0.15) is 0 Å². The zero-order valence-corrected chi connectivity index (χ0v) is 29.8. The number of furan rings is 2. The summed E-state index contributed by atoms with van der Waals surface area (Å²) in [6.45, 7) is 0. The zero-order valence-electron chi connectivity index (χ0n) is 29.8. The Hall–Kier alpha value is -7.36. The molecule has 11 aromatic rings. The zero-order chi connectivity index (χ0) is 36.3. The van der Waals surface area contributed by atoms with E-state index in [9.17, 15) is 0 Å². The Balaban J connectivity index is 1.14. The maximum absolute atomic E-state index is 6.72. The van der Waals surface area contributed by atoms with Crippen LogP contribution in [-0.4, -0.2) is 0 Å². The van der Waals surface area contributed by atoms with Gasteiger partial charge in [0, 0.05) is 32.8 Å². The van der Waals surface area contributed by atoms with Crippen molar-refractivity contribution in [2.24, 2.45) is 0 Å². The van der Waals surface area contributed by atoms with Crippen molar-refractivity contribution >= 4 is 71.7 Å². The molecule has 11 rings (SSSR count). The van der Waals surface area contributed by atoms with Crippen molar-refractivity contribution in [1.82, 2.24) is 0 Å². The number of hydrogen-bond acceptors (Lipinski definition) is 3. The molecule has 0 N–H and O–H groups in total. The van der Waals surface area contributed by atoms with E-state index in [4.69, 9.17) is 8.83 Å². The fourth-order valence-corrected chi connectivity index (χ4v) is 8.23. The highest BCUT2D eigenvalue weighted by atomic mass is 16.3. The van der Waals surface area contributed by atoms with E-state index < -0.39 is 0 Å². The Morgan fingerprint density at radius 1 is 0.327 bits per heavy atom. The average Bonchev–Trinajstić information content (AvgIpc) is 3.84. The lowest BCUT2D eigenvalue weighted by Gasteiger charge is -2.29. The molecule has 0 bridgehead atoms. The number of para-hydroxylation sites is 1. The summed E-state index contributed by atoms with van der Waals surface area (Å²) in [5.74, 6) is 0. The van der Waals surface area contributed by atoms with Crippen LogP contribution in [0.15, 0.2) is 209 Å². The molecular weight excluding hydrogens is 671 g/mol. The largest absolute Gasteiger partial charge is 0.456 e. The molecule has 0 spiro atoms. The van der Waals surface area contributed by atoms with Crippen LogP contribution < -0.4 is 4.90 Å². The van der Waals surface area contributed by atoms with Crippen molar-refractivity contribution in [1.29, 1.82) is 0 Å². The van der Waals surface area contributed by atoms with Crippen LogP contribution in [-0.2, 0) is 0 Å². The van der Waals surface area contributed by atoms with E-state index in [2.05, 4.69) is 193 Å². The van der Waals surface area contributed by atoms with E-state index in [0.717, 1.165) is 94.0 Å². The molecule has 258 valence electrons. The van der Waals surface area contributed by atoms with Gasteiger partial charge in [0.15, 0.2) is 0 Å². The molecule has 0 saturated heterocycles. The summed E-state index contributed by atoms with van der Waals surface area (Å²) in [6.07, 6.45) is 0. The van der Waals surface area contributed by atoms with Gasteiger partial charge in [-0.15, -0.1) is 0 Å². The van der Waals surface area contributed by atoms with Gasteiger partial charge < -0.3 is 13.7 Å². The standard InChI is InChI=1S/C52H33NO2/c1-3-12-34(13-4-1)38-25-30-46(44(32-38)36-14-5-2-6-15-36)53(47-19-11-21-50-51(47)43-29-24-37-16-7-8-17-41(37)52(43)55-50)40-27-22-35(23-28-40)39-26-31-49-45(33-39)42-18-9-10-20-48(42)54-49/h1-33H. The predicted octanol–water partition coefficient (Wildman–Crippen LogP) is 15.1. The lowest BCUT2D eigenvalue weighted by atomic mass is 9.95. The smallest absolute Gasteiger partial charge is 0.143 e. The van der Waals surface area contributed by atoms with Crippen molar-refractivity contribution in [3.63, 3.8) is 0 Å². The van der Waals surface area contributed by atoms with Gasteiger partial charge in [-0.25, -0.2) is 0 Å². The monoisotopic (exact) mass is 703 g/mol. The third kappa shape index (κ3) is 5.20. The first-order valence-electron chi connectivity index (χ1n) is 18.7. The van der Waals surface area contributed by atoms with E-state index in [0.29, 0.717) is 0 Å². The fraction of sp³-hybridized carbons (Fsp3) is 0. The predicted molar refractivity (Wildman–Crippen MR) is 229 cm³/mol. The second kappa shape index (κ2) is 12.6. The summed E-state index contributed by atoms with van der Waals surface area (Å²) in [7, 11) is 0. The molecular formula is C52H33NO2. The quantitative estimate of drug-likeness (QED) is 0.173. The highest BCUT2D eigenvalue weighted by Crippen LogP contribution is 2.48. The molecule has 0 aliphatic heterocycles. The molecule has 55 heavy (non-hydrogen) atoms. The van der Waals surface area contributed by atoms with Crippen LogP contribution in [0.3, 0.4) is 0 Å². The Kier molecular flexibility index (Phi) is 7.17. The Bertz CT molecular complexity index is 3190. The molecule has 2 aromatic heterocycles. The van der Waals surface area contributed by atoms with E-state index in [1.165, 1.54) is 11.1 Å². The molecule has 0 aliphatic rings. The summed E-state index contributed by atoms with van der Waals surface area (Å²) in [4.78, 5) is 2.40. The third-order valence-corrected chi connectivity index (χ3v) is 10.9. The normalized spacial score (nSPS) is 11.6. The van der Waals surface area contributed by atoms with Crippen LogP contribution >= 0.6 is 0 Å². The second-order valence-corrected chi connectivity index (χ2v) is 14.1. The minimum atomic E-state index is 0.855. The highest BCUT2D eigenvalue weighted by molar-refractivity contribution is 6.20. The summed E-state index contributed by atoms with van der Waals surface area (Å²) < 4.78 is 12.9. The average molecular weight is 704 g/mol. The van der Waals surface area contributed by atoms with Crippen LogP contribution in [0.5, 0.6) is 0 Å². The van der Waals surface area contributed by atoms with E-state index >= 15 is 0 Å². The molecule has 0 amide bonds. The molecule has 0 aliphatic carbocycles. The Morgan fingerprint density at radius 3 is 1.80 bits per heavy atom. The van der Waals surface area contributed by atoms with Gasteiger partial charge in [0.1, 0.15) is 22.3 Å². The van der Waals surface area contributed by atoms with Gasteiger partial charge in [0.05, 0.1) is 16.8 Å². The van der Waals surface area contributed by atoms with Crippen LogP contribution in [0, 0.1) is 0 Å². The van der Waals surface area contributed by atoms with Crippen molar-refractivity contribution in [2.75, 3.05) is 4.90 Å². The Labute approximate surface area is 317 Å². The topological polar surface area (TPSA) is 29.5 Å². The van der Waals surface area contributed by atoms with Gasteiger partial charge >= 0.3 is 0 Å². The highest BCUT2D eigenvalue weighted by Gasteiger charge is 2.23. The molecule has 3 heteroatoms. The first-order chi connectivity index (χ1) is 27.3. The molecule has 3 nitrogen and oxygen atoms in total. The van der Waals surface area contributed by atoms with Crippen molar-refractivity contribution < 1.29 is 8.83 Å². The minimum Gasteiger partial charge on any atom is -0.456 e. The maximum atomic E-state index is 6.72. The fourth-order valence-electron chi connectivity index (χ4n) is 8.23. The first-order valence-corrected chi connectivity index (χ1v) is 18.7. The van der Waals surface area contributed by atoms with Gasteiger partial charge in [-0.1, -0.05) is 140 Å². The summed E-state index contributed by atoms with van der Waals surface area (Å²) in [6, 6.07) is 71.1. The van der Waals surface area contributed by atoms with Gasteiger partial charge in [0.25, 0.3) is 0 Å². The molecule has 2 heterocycles. The molecule has 0 radical (unpaired) electrons. The molecule has 0 fully saturated rings. The lowest BCUT2D eigenvalue weighted by Crippen LogP contribution is -2.11. The lowest BCUT2D eigenvalue weighted by molar-refractivity contribution is 0.669. The van der Waals surface area contributed by atoms with Crippen molar-refractivity contribution in [2.45, 2.75) is 0 Å². The van der Waals surface area contributed by atoms with Gasteiger partial charge in [-0.3, -0.25) is 0 Å². The third-order valence-electron chi connectivity index (χ3n) is 10.9. The van der Waals surface area contributed by atoms with E-state index in [1.54, 1.807) is 0 Å². The minimum absolute atomic E-state index is 0.855. The number of fused-ring (bicyclic) bond motifs is 8. The number of rotatable bonds is 6. The van der Waals surface area contributed by atoms with Crippen LogP contribution in [0.4, 0.5) is 17.1 Å². The molecule has 9 aromatic carbocycles. The number of anilines is 3. The van der Waals surface area contributed by atoms with Gasteiger partial charge in [0.2, 0.25) is 0 Å². The van der Waals surface area contributed by atoms with Crippen molar-refractivity contribution in [3.8, 4) is 33.4 Å². The van der Waals surface area contributed by atoms with E-state index in [1.807, 2.05) is 12.1 Å². The van der Waals surface area contributed by atoms with Gasteiger partial charge in [-0.2, -0.15) is 0 Å². The number of hydrogen-bond donors (Lipinski definition) is 0. The first kappa shape index (κ1) is 31.2. The molecule has 0 saturated carbocycles. The summed E-state index contributed by atoms with van der Waals surface area (Å²) in [5, 5.41) is 6.69.